The van der Waals surface area contributed by atoms with Gasteiger partial charge < -0.3 is 15.4 Å². The van der Waals surface area contributed by atoms with E-state index in [1.165, 1.54) is 24.0 Å². The van der Waals surface area contributed by atoms with Gasteiger partial charge in [0.25, 0.3) is 0 Å². The minimum Gasteiger partial charge on any atom is -0.444 e. The molecule has 7 heteroatoms. The maximum absolute atomic E-state index is 12.5. The average molecular weight is 445 g/mol. The third-order valence-electron chi connectivity index (χ3n) is 6.48. The van der Waals surface area contributed by atoms with E-state index in [-0.39, 0.29) is 24.0 Å². The van der Waals surface area contributed by atoms with Gasteiger partial charge in [-0.1, -0.05) is 6.07 Å². The molecule has 2 fully saturated rings. The average Bonchev–Trinajstić information content (AvgIpc) is 3.16. The summed E-state index contributed by atoms with van der Waals surface area (Å²) in [6.07, 6.45) is 11.1. The van der Waals surface area contributed by atoms with Crippen molar-refractivity contribution in [2.45, 2.75) is 89.8 Å². The van der Waals surface area contributed by atoms with Crippen LogP contribution >= 0.6 is 0 Å². The number of nitrogens with one attached hydrogen (secondary N) is 2. The van der Waals surface area contributed by atoms with E-state index >= 15 is 0 Å². The lowest BCUT2D eigenvalue weighted by molar-refractivity contribution is -0.126. The summed E-state index contributed by atoms with van der Waals surface area (Å²) in [6.45, 7) is 7.40. The van der Waals surface area contributed by atoms with Crippen molar-refractivity contribution in [2.24, 2.45) is 5.92 Å². The first-order valence-electron chi connectivity index (χ1n) is 12.1. The van der Waals surface area contributed by atoms with Crippen molar-refractivity contribution in [3.8, 4) is 0 Å². The van der Waals surface area contributed by atoms with Gasteiger partial charge in [0.05, 0.1) is 0 Å². The maximum atomic E-state index is 12.5. The number of carbonyl (C=O) groups excluding carboxylic acids is 2. The van der Waals surface area contributed by atoms with E-state index in [0.29, 0.717) is 12.6 Å². The highest BCUT2D eigenvalue weighted by molar-refractivity contribution is 5.78. The zero-order chi connectivity index (χ0) is 23.1. The monoisotopic (exact) mass is 444 g/mol. The molecule has 2 N–H and O–H groups in total. The molecule has 2 aliphatic rings. The first-order chi connectivity index (χ1) is 15.2. The molecule has 178 valence electrons. The largest absolute Gasteiger partial charge is 0.444 e. The molecule has 1 saturated carbocycles. The van der Waals surface area contributed by atoms with Gasteiger partial charge in [0.2, 0.25) is 5.91 Å². The molecule has 0 unspecified atom stereocenters. The van der Waals surface area contributed by atoms with Gasteiger partial charge in [0.15, 0.2) is 0 Å². The minimum atomic E-state index is -0.495. The van der Waals surface area contributed by atoms with Gasteiger partial charge in [-0.3, -0.25) is 14.7 Å². The highest BCUT2D eigenvalue weighted by atomic mass is 16.6. The lowest BCUT2D eigenvalue weighted by atomic mass is 9.85. The highest BCUT2D eigenvalue weighted by Crippen LogP contribution is 2.30. The van der Waals surface area contributed by atoms with Crippen molar-refractivity contribution in [3.05, 3.63) is 29.6 Å². The lowest BCUT2D eigenvalue weighted by Crippen LogP contribution is -2.43. The first-order valence-corrected chi connectivity index (χ1v) is 12.1. The van der Waals surface area contributed by atoms with Gasteiger partial charge in [-0.15, -0.1) is 0 Å². The van der Waals surface area contributed by atoms with Crippen LogP contribution in [-0.2, 0) is 16.0 Å². The maximum Gasteiger partial charge on any atom is 0.407 e. The molecule has 1 aromatic rings. The Bertz CT molecular complexity index is 769. The number of aryl methyl sites for hydroxylation is 1. The van der Waals surface area contributed by atoms with Crippen LogP contribution < -0.4 is 10.6 Å². The van der Waals surface area contributed by atoms with Crippen molar-refractivity contribution in [3.63, 3.8) is 0 Å². The fourth-order valence-corrected chi connectivity index (χ4v) is 4.78. The summed E-state index contributed by atoms with van der Waals surface area (Å²) < 4.78 is 5.32. The summed E-state index contributed by atoms with van der Waals surface area (Å²) >= 11 is 0. The fraction of sp³-hybridized carbons (Fsp3) is 0.720. The minimum absolute atomic E-state index is 0.0367. The van der Waals surface area contributed by atoms with Crippen LogP contribution in [0.2, 0.25) is 0 Å². The van der Waals surface area contributed by atoms with E-state index in [2.05, 4.69) is 33.6 Å². The van der Waals surface area contributed by atoms with Gasteiger partial charge in [-0.2, -0.15) is 0 Å². The van der Waals surface area contributed by atoms with E-state index in [0.717, 1.165) is 45.1 Å². The number of hydrogen-bond donors (Lipinski definition) is 2. The Kier molecular flexibility index (Phi) is 8.51. The number of aromatic nitrogens is 1. The number of nitrogens with zero attached hydrogens (tertiary/aromatic N) is 2. The van der Waals surface area contributed by atoms with Gasteiger partial charge in [-0.25, -0.2) is 4.79 Å². The summed E-state index contributed by atoms with van der Waals surface area (Å²) in [5.41, 5.74) is 2.06. The number of pyridine rings is 1. The van der Waals surface area contributed by atoms with Crippen LogP contribution in [0.5, 0.6) is 0 Å². The quantitative estimate of drug-likeness (QED) is 0.622. The molecule has 0 aromatic carbocycles. The second kappa shape index (κ2) is 11.1. The number of hydrogen-bond acceptors (Lipinski definition) is 5. The number of ether oxygens (including phenoxy) is 1. The Hall–Kier alpha value is -2.15. The molecule has 0 spiro atoms. The molecule has 3 rings (SSSR count). The predicted molar refractivity (Wildman–Crippen MR) is 125 cm³/mol. The Labute approximate surface area is 192 Å². The molecule has 1 atom stereocenters. The summed E-state index contributed by atoms with van der Waals surface area (Å²) in [7, 11) is 2.18. The Morgan fingerprint density at radius 3 is 2.56 bits per heavy atom. The van der Waals surface area contributed by atoms with E-state index in [4.69, 9.17) is 4.74 Å². The van der Waals surface area contributed by atoms with Gasteiger partial charge in [-0.05, 0) is 96.9 Å². The number of alkyl carbamates (subject to hydrolysis) is 1. The lowest BCUT2D eigenvalue weighted by Gasteiger charge is -2.29. The normalized spacial score (nSPS) is 24.2. The van der Waals surface area contributed by atoms with E-state index in [9.17, 15) is 9.59 Å². The SMILES string of the molecule is CN1CCC[C@H]1c1cncc(CCCNC(=O)C2CCC(NC(=O)OC(C)(C)C)CC2)c1. The summed E-state index contributed by atoms with van der Waals surface area (Å²) in [5.74, 6) is 0.176. The molecule has 32 heavy (non-hydrogen) atoms. The smallest absolute Gasteiger partial charge is 0.407 e. The summed E-state index contributed by atoms with van der Waals surface area (Å²) in [6, 6.07) is 2.86. The van der Waals surface area contributed by atoms with Crippen molar-refractivity contribution >= 4 is 12.0 Å². The second-order valence-corrected chi connectivity index (χ2v) is 10.4. The number of amides is 2. The molecular weight excluding hydrogens is 404 g/mol. The van der Waals surface area contributed by atoms with Crippen LogP contribution in [0.3, 0.4) is 0 Å². The van der Waals surface area contributed by atoms with Crippen molar-refractivity contribution in [1.29, 1.82) is 0 Å². The number of likely N-dealkylation sites (tertiary alicyclic amines) is 1. The van der Waals surface area contributed by atoms with E-state index < -0.39 is 5.60 Å². The third-order valence-corrected chi connectivity index (χ3v) is 6.48. The van der Waals surface area contributed by atoms with Crippen molar-refractivity contribution in [2.75, 3.05) is 20.1 Å². The summed E-state index contributed by atoms with van der Waals surface area (Å²) in [4.78, 5) is 31.3. The molecule has 0 radical (unpaired) electrons. The predicted octanol–water partition coefficient (Wildman–Crippen LogP) is 3.98. The molecule has 1 saturated heterocycles. The Balaban J connectivity index is 1.33. The fourth-order valence-electron chi connectivity index (χ4n) is 4.78. The van der Waals surface area contributed by atoms with Gasteiger partial charge >= 0.3 is 6.09 Å². The Morgan fingerprint density at radius 1 is 1.16 bits per heavy atom. The van der Waals surface area contributed by atoms with E-state index in [1.807, 2.05) is 33.2 Å². The Morgan fingerprint density at radius 2 is 1.91 bits per heavy atom. The van der Waals surface area contributed by atoms with Crippen LogP contribution in [-0.4, -0.2) is 53.7 Å². The molecule has 1 aliphatic carbocycles. The van der Waals surface area contributed by atoms with Gasteiger partial charge in [0, 0.05) is 36.9 Å². The first kappa shape index (κ1) is 24.5. The molecule has 1 aliphatic heterocycles. The van der Waals surface area contributed by atoms with Crippen LogP contribution in [0.15, 0.2) is 18.5 Å². The molecule has 7 nitrogen and oxygen atoms in total. The topological polar surface area (TPSA) is 83.6 Å². The standard InChI is InChI=1S/C25H40N4O3/c1-25(2,3)32-24(31)28-21-11-9-19(10-12-21)23(30)27-13-5-7-18-15-20(17-26-16-18)22-8-6-14-29(22)4/h15-17,19,21-22H,5-14H2,1-4H3,(H,27,30)(H,28,31)/t19?,21?,22-/m0/s1. The molecular formula is C25H40N4O3. The van der Waals surface area contributed by atoms with Crippen molar-refractivity contribution < 1.29 is 14.3 Å². The van der Waals surface area contributed by atoms with Crippen molar-refractivity contribution in [1.82, 2.24) is 20.5 Å². The van der Waals surface area contributed by atoms with Crippen LogP contribution in [0.25, 0.3) is 0 Å². The zero-order valence-corrected chi connectivity index (χ0v) is 20.2. The van der Waals surface area contributed by atoms with Crippen LogP contribution in [0.4, 0.5) is 4.79 Å². The molecule has 2 heterocycles. The van der Waals surface area contributed by atoms with E-state index in [1.54, 1.807) is 0 Å². The van der Waals surface area contributed by atoms with Crippen LogP contribution in [0.1, 0.15) is 82.9 Å². The molecule has 0 bridgehead atoms. The molecule has 2 amide bonds. The zero-order valence-electron chi connectivity index (χ0n) is 20.2. The van der Waals surface area contributed by atoms with Crippen LogP contribution in [0, 0.1) is 5.92 Å². The second-order valence-electron chi connectivity index (χ2n) is 10.4. The molecule has 1 aromatic heterocycles. The third kappa shape index (κ3) is 7.47. The number of carbonyl (C=O) groups is 2. The van der Waals surface area contributed by atoms with Gasteiger partial charge in [0.1, 0.15) is 5.60 Å². The highest BCUT2D eigenvalue weighted by Gasteiger charge is 2.28. The number of rotatable bonds is 7. The summed E-state index contributed by atoms with van der Waals surface area (Å²) in [5, 5.41) is 6.04.